The summed E-state index contributed by atoms with van der Waals surface area (Å²) in [4.78, 5) is 0. The fraction of sp³-hybridized carbons (Fsp3) is 0.939. The van der Waals surface area contributed by atoms with Crippen LogP contribution in [0.25, 0.3) is 0 Å². The van der Waals surface area contributed by atoms with Crippen molar-refractivity contribution < 1.29 is 44.5 Å². The minimum absolute atomic E-state index is 0.0517. The van der Waals surface area contributed by atoms with E-state index in [1.165, 1.54) is 5.57 Å². The zero-order valence-electron chi connectivity index (χ0n) is 25.7. The number of allylic oxidation sites excluding steroid dienone is 1. The summed E-state index contributed by atoms with van der Waals surface area (Å²) in [5.74, 6) is 1.24. The third kappa shape index (κ3) is 4.00. The Kier molecular flexibility index (Phi) is 7.29. The third-order valence-corrected chi connectivity index (χ3v) is 13.8. The largest absolute Gasteiger partial charge is 0.394 e. The van der Waals surface area contributed by atoms with E-state index >= 15 is 0 Å². The van der Waals surface area contributed by atoms with Crippen molar-refractivity contribution in [1.82, 2.24) is 0 Å². The molecule has 0 unspecified atom stereocenters. The van der Waals surface area contributed by atoms with Gasteiger partial charge in [0.25, 0.3) is 0 Å². The Morgan fingerprint density at radius 2 is 1.76 bits per heavy atom. The molecule has 0 bridgehead atoms. The van der Waals surface area contributed by atoms with Gasteiger partial charge in [-0.3, -0.25) is 0 Å². The van der Waals surface area contributed by atoms with Crippen molar-refractivity contribution >= 4 is 0 Å². The van der Waals surface area contributed by atoms with Crippen molar-refractivity contribution in [2.24, 2.45) is 40.4 Å². The summed E-state index contributed by atoms with van der Waals surface area (Å²) in [6.07, 6.45) is 4.17. The Balaban J connectivity index is 1.07. The number of rotatable bonds is 3. The second kappa shape index (κ2) is 10.2. The van der Waals surface area contributed by atoms with E-state index in [-0.39, 0.29) is 29.0 Å². The van der Waals surface area contributed by atoms with E-state index in [1.807, 2.05) is 0 Å². The van der Waals surface area contributed by atoms with Gasteiger partial charge in [0, 0.05) is 17.8 Å². The maximum atomic E-state index is 12.6. The molecule has 0 amide bonds. The standard InChI is InChI=1S/C33H52O9/c1-17-7-12-32(39-16-17)18(2)33(38)25(42-32)14-23-21-6-5-19-13-20(8-10-30(19,3)22(21)9-11-31(23,33)4)40-29-28(37)27(36)26(35)24(15-34)41-29/h5,17-18,20-29,34-38H,6-16H2,1-4H3/t17-,18-,20+,21-,22+,23+,24-,25+,26+,27+,28-,29-,30+,31+,32-,33-/m1/s1. The molecule has 42 heavy (non-hydrogen) atoms. The van der Waals surface area contributed by atoms with E-state index in [0.717, 1.165) is 57.8 Å². The Labute approximate surface area is 249 Å². The highest BCUT2D eigenvalue weighted by atomic mass is 16.7. The highest BCUT2D eigenvalue weighted by Crippen LogP contribution is 2.72. The number of aliphatic hydroxyl groups excluding tert-OH is 4. The van der Waals surface area contributed by atoms with Crippen molar-refractivity contribution in [2.75, 3.05) is 13.2 Å². The lowest BCUT2D eigenvalue weighted by Crippen LogP contribution is -2.60. The lowest BCUT2D eigenvalue weighted by atomic mass is 9.46. The number of hydrogen-bond donors (Lipinski definition) is 5. The highest BCUT2D eigenvalue weighted by Gasteiger charge is 2.76. The van der Waals surface area contributed by atoms with Gasteiger partial charge in [0.2, 0.25) is 0 Å². The van der Waals surface area contributed by atoms with Crippen molar-refractivity contribution in [3.63, 3.8) is 0 Å². The molecule has 9 nitrogen and oxygen atoms in total. The van der Waals surface area contributed by atoms with E-state index in [2.05, 4.69) is 33.8 Å². The van der Waals surface area contributed by atoms with E-state index < -0.39 is 48.7 Å². The number of hydrogen-bond acceptors (Lipinski definition) is 9. The van der Waals surface area contributed by atoms with Crippen molar-refractivity contribution in [3.05, 3.63) is 11.6 Å². The topological polar surface area (TPSA) is 138 Å². The summed E-state index contributed by atoms with van der Waals surface area (Å²) in [5, 5.41) is 53.0. The number of fused-ring (bicyclic) bond motifs is 7. The van der Waals surface area contributed by atoms with Gasteiger partial charge in [-0.15, -0.1) is 0 Å². The molecule has 0 radical (unpaired) electrons. The second-order valence-corrected chi connectivity index (χ2v) is 15.6. The molecular weight excluding hydrogens is 540 g/mol. The molecule has 6 fully saturated rings. The number of ether oxygens (including phenoxy) is 4. The van der Waals surface area contributed by atoms with Crippen LogP contribution in [-0.4, -0.2) is 93.0 Å². The van der Waals surface area contributed by atoms with Gasteiger partial charge < -0.3 is 44.5 Å². The molecule has 1 spiro atoms. The fourth-order valence-corrected chi connectivity index (χ4v) is 11.1. The first-order valence-electron chi connectivity index (χ1n) is 16.6. The maximum absolute atomic E-state index is 12.6. The highest BCUT2D eigenvalue weighted by molar-refractivity contribution is 5.29. The Morgan fingerprint density at radius 1 is 0.976 bits per heavy atom. The van der Waals surface area contributed by atoms with Gasteiger partial charge in [-0.25, -0.2) is 0 Å². The molecule has 0 aromatic heterocycles. The minimum Gasteiger partial charge on any atom is -0.394 e. The molecule has 3 saturated carbocycles. The molecule has 3 aliphatic heterocycles. The zero-order valence-corrected chi connectivity index (χ0v) is 25.7. The molecule has 4 aliphatic carbocycles. The Morgan fingerprint density at radius 3 is 2.48 bits per heavy atom. The first kappa shape index (κ1) is 30.1. The molecule has 7 aliphatic rings. The summed E-state index contributed by atoms with van der Waals surface area (Å²) >= 11 is 0. The molecule has 3 heterocycles. The van der Waals surface area contributed by atoms with Gasteiger partial charge >= 0.3 is 0 Å². The normalized spacial score (nSPS) is 59.0. The fourth-order valence-electron chi connectivity index (χ4n) is 11.1. The van der Waals surface area contributed by atoms with Gasteiger partial charge in [0.15, 0.2) is 12.1 Å². The van der Waals surface area contributed by atoms with Gasteiger partial charge in [-0.05, 0) is 80.5 Å². The summed E-state index contributed by atoms with van der Waals surface area (Å²) in [5.41, 5.74) is 0.360. The van der Waals surface area contributed by atoms with Crippen LogP contribution in [0.4, 0.5) is 0 Å². The summed E-state index contributed by atoms with van der Waals surface area (Å²) in [6, 6.07) is 0. The predicted molar refractivity (Wildman–Crippen MR) is 152 cm³/mol. The lowest BCUT2D eigenvalue weighted by molar-refractivity contribution is -0.313. The second-order valence-electron chi connectivity index (χ2n) is 15.6. The van der Waals surface area contributed by atoms with E-state index in [0.29, 0.717) is 30.3 Å². The summed E-state index contributed by atoms with van der Waals surface area (Å²) in [6.45, 7) is 9.39. The molecule has 0 aromatic rings. The molecule has 3 saturated heterocycles. The Hall–Kier alpha value is -0.620. The molecule has 0 aromatic carbocycles. The molecule has 9 heteroatoms. The summed E-state index contributed by atoms with van der Waals surface area (Å²) in [7, 11) is 0. The zero-order chi connectivity index (χ0) is 29.8. The van der Waals surface area contributed by atoms with Crippen LogP contribution >= 0.6 is 0 Å². The first-order valence-corrected chi connectivity index (χ1v) is 16.6. The van der Waals surface area contributed by atoms with Crippen molar-refractivity contribution in [1.29, 1.82) is 0 Å². The van der Waals surface area contributed by atoms with Crippen molar-refractivity contribution in [2.45, 2.75) is 140 Å². The van der Waals surface area contributed by atoms with Crippen LogP contribution < -0.4 is 0 Å². The van der Waals surface area contributed by atoms with Crippen LogP contribution in [0.3, 0.4) is 0 Å². The predicted octanol–water partition coefficient (Wildman–Crippen LogP) is 2.65. The van der Waals surface area contributed by atoms with Gasteiger partial charge in [0.05, 0.1) is 25.4 Å². The summed E-state index contributed by atoms with van der Waals surface area (Å²) < 4.78 is 25.0. The van der Waals surface area contributed by atoms with Crippen LogP contribution in [-0.2, 0) is 18.9 Å². The quantitative estimate of drug-likeness (QED) is 0.313. The van der Waals surface area contributed by atoms with Crippen LogP contribution in [0.5, 0.6) is 0 Å². The molecule has 16 atom stereocenters. The molecular formula is C33H52O9. The van der Waals surface area contributed by atoms with E-state index in [9.17, 15) is 25.5 Å². The van der Waals surface area contributed by atoms with Gasteiger partial charge in [-0.2, -0.15) is 0 Å². The lowest BCUT2D eigenvalue weighted by Gasteiger charge is -2.60. The number of aliphatic hydroxyl groups is 5. The maximum Gasteiger partial charge on any atom is 0.186 e. The van der Waals surface area contributed by atoms with Crippen molar-refractivity contribution in [3.8, 4) is 0 Å². The van der Waals surface area contributed by atoms with Crippen LogP contribution in [0.1, 0.15) is 85.5 Å². The average molecular weight is 593 g/mol. The SMILES string of the molecule is C[C@@H]1CC[C@@]2(OC1)O[C@H]1C[C@H]3[C@@H]4CC=C5C[C@@H](O[C@@H]6O[C@H](CO)[C@H](O)[C@H](O)[C@H]6O)CC[C@]5(C)[C@H]4CC[C@]3(C)[C@@]1(O)[C@@H]2C. The van der Waals surface area contributed by atoms with Crippen LogP contribution in [0, 0.1) is 40.4 Å². The van der Waals surface area contributed by atoms with Crippen LogP contribution in [0.2, 0.25) is 0 Å². The smallest absolute Gasteiger partial charge is 0.186 e. The van der Waals surface area contributed by atoms with Crippen LogP contribution in [0.15, 0.2) is 11.6 Å². The van der Waals surface area contributed by atoms with E-state index in [1.54, 1.807) is 0 Å². The average Bonchev–Trinajstić information content (AvgIpc) is 3.33. The Bertz CT molecular complexity index is 1070. The first-order chi connectivity index (χ1) is 19.9. The minimum atomic E-state index is -1.43. The molecule has 238 valence electrons. The van der Waals surface area contributed by atoms with E-state index in [4.69, 9.17) is 18.9 Å². The third-order valence-electron chi connectivity index (χ3n) is 13.8. The van der Waals surface area contributed by atoms with Gasteiger partial charge in [-0.1, -0.05) is 39.3 Å². The molecule has 5 N–H and O–H groups in total. The van der Waals surface area contributed by atoms with Gasteiger partial charge in [0.1, 0.15) is 30.0 Å². The monoisotopic (exact) mass is 592 g/mol. The molecule has 7 rings (SSSR count).